The molecule has 1 heterocycles. The molecule has 4 unspecified atom stereocenters. The minimum atomic E-state index is -0.991. The van der Waals surface area contributed by atoms with Gasteiger partial charge < -0.3 is 10.2 Å². The van der Waals surface area contributed by atoms with E-state index in [1.807, 2.05) is 24.3 Å². The van der Waals surface area contributed by atoms with Gasteiger partial charge in [-0.15, -0.1) is 0 Å². The van der Waals surface area contributed by atoms with Gasteiger partial charge in [0.15, 0.2) is 11.6 Å². The van der Waals surface area contributed by atoms with Gasteiger partial charge in [-0.2, -0.15) is 0 Å². The van der Waals surface area contributed by atoms with Crippen LogP contribution in [0.25, 0.3) is 10.8 Å². The van der Waals surface area contributed by atoms with Crippen LogP contribution in [0.1, 0.15) is 44.1 Å². The van der Waals surface area contributed by atoms with Crippen LogP contribution in [-0.4, -0.2) is 51.0 Å². The number of carbonyl (C=O) groups excluding carboxylic acids is 4. The van der Waals surface area contributed by atoms with Crippen molar-refractivity contribution >= 4 is 40.1 Å². The molecule has 0 bridgehead atoms. The fourth-order valence-electron chi connectivity index (χ4n) is 6.95. The van der Waals surface area contributed by atoms with Gasteiger partial charge in [-0.25, -0.2) is 0 Å². The van der Waals surface area contributed by atoms with Gasteiger partial charge in [0.25, 0.3) is 0 Å². The largest absolute Gasteiger partial charge is 0.507 e. The second-order valence-electron chi connectivity index (χ2n) is 10.8. The van der Waals surface area contributed by atoms with Crippen molar-refractivity contribution in [3.05, 3.63) is 76.4 Å². The Kier molecular flexibility index (Phi) is 5.86. The van der Waals surface area contributed by atoms with Crippen molar-refractivity contribution in [1.29, 1.82) is 0 Å². The number of nitrogens with zero attached hydrogens (tertiary/aromatic N) is 1. The third-order valence-electron chi connectivity index (χ3n) is 8.67. The van der Waals surface area contributed by atoms with Gasteiger partial charge in [0.2, 0.25) is 11.8 Å². The highest BCUT2D eigenvalue weighted by atomic mass is 16.4. The summed E-state index contributed by atoms with van der Waals surface area (Å²) in [5.41, 5.74) is 2.75. The van der Waals surface area contributed by atoms with Gasteiger partial charge in [0, 0.05) is 41.0 Å². The van der Waals surface area contributed by atoms with Crippen molar-refractivity contribution in [2.75, 3.05) is 6.54 Å². The van der Waals surface area contributed by atoms with Crippen LogP contribution in [0.15, 0.2) is 70.8 Å². The van der Waals surface area contributed by atoms with Gasteiger partial charge >= 0.3 is 5.97 Å². The van der Waals surface area contributed by atoms with Crippen LogP contribution >= 0.6 is 0 Å². The molecule has 1 aliphatic heterocycles. The van der Waals surface area contributed by atoms with Crippen LogP contribution in [-0.2, 0) is 24.0 Å². The molecule has 4 atom stereocenters. The molecule has 39 heavy (non-hydrogen) atoms. The van der Waals surface area contributed by atoms with E-state index in [2.05, 4.69) is 0 Å². The first-order chi connectivity index (χ1) is 18.7. The Morgan fingerprint density at radius 1 is 1.00 bits per heavy atom. The molecule has 0 spiro atoms. The molecule has 2 amide bonds. The molecule has 2 aromatic carbocycles. The number of fused-ring (bicyclic) bond motifs is 4. The number of carboxylic acid groups (broad SMARTS) is 1. The van der Waals surface area contributed by atoms with Gasteiger partial charge in [0.1, 0.15) is 5.75 Å². The molecule has 198 valence electrons. The lowest BCUT2D eigenvalue weighted by atomic mass is 9.59. The van der Waals surface area contributed by atoms with E-state index in [4.69, 9.17) is 5.11 Å². The number of Topliss-reactive ketones (excluding diaryl/α,β-unsaturated/α-hetero) is 1. The van der Waals surface area contributed by atoms with Crippen LogP contribution in [0.5, 0.6) is 5.75 Å². The summed E-state index contributed by atoms with van der Waals surface area (Å²) in [5, 5.41) is 20.9. The van der Waals surface area contributed by atoms with Gasteiger partial charge in [-0.05, 0) is 55.2 Å². The maximum absolute atomic E-state index is 13.7. The number of carboxylic acids is 1. The lowest BCUT2D eigenvalue weighted by Crippen LogP contribution is -2.40. The summed E-state index contributed by atoms with van der Waals surface area (Å²) < 4.78 is 0. The molecule has 6 rings (SSSR count). The van der Waals surface area contributed by atoms with Crippen molar-refractivity contribution in [2.45, 2.75) is 38.5 Å². The number of aliphatic carboxylic acids is 1. The lowest BCUT2D eigenvalue weighted by molar-refractivity contribution is -0.142. The van der Waals surface area contributed by atoms with E-state index >= 15 is 0 Å². The smallest absolute Gasteiger partial charge is 0.303 e. The van der Waals surface area contributed by atoms with Crippen molar-refractivity contribution < 1.29 is 34.2 Å². The zero-order chi connectivity index (χ0) is 27.6. The number of phenolic OH excluding ortho intramolecular Hbond substituents is 1. The Morgan fingerprint density at radius 3 is 2.49 bits per heavy atom. The van der Waals surface area contributed by atoms with Gasteiger partial charge in [-0.1, -0.05) is 42.0 Å². The number of benzene rings is 2. The molecule has 1 saturated heterocycles. The fourth-order valence-corrected chi connectivity index (χ4v) is 6.95. The number of hydrogen-bond acceptors (Lipinski definition) is 6. The van der Waals surface area contributed by atoms with Gasteiger partial charge in [0.05, 0.1) is 11.8 Å². The number of hydrogen-bond donors (Lipinski definition) is 2. The minimum absolute atomic E-state index is 0.0400. The number of ketones is 2. The highest BCUT2D eigenvalue weighted by Gasteiger charge is 2.56. The molecule has 0 radical (unpaired) electrons. The van der Waals surface area contributed by atoms with E-state index in [0.29, 0.717) is 28.5 Å². The zero-order valence-electron chi connectivity index (χ0n) is 21.3. The lowest BCUT2D eigenvalue weighted by Gasteiger charge is -2.42. The Hall–Kier alpha value is -4.33. The molecule has 8 heteroatoms. The highest BCUT2D eigenvalue weighted by Crippen LogP contribution is 2.56. The maximum atomic E-state index is 13.7. The maximum Gasteiger partial charge on any atom is 0.303 e. The quantitative estimate of drug-likeness (QED) is 0.345. The average Bonchev–Trinajstić information content (AvgIpc) is 3.16. The van der Waals surface area contributed by atoms with E-state index in [9.17, 15) is 29.1 Å². The Bertz CT molecular complexity index is 1590. The van der Waals surface area contributed by atoms with Crippen molar-refractivity contribution in [1.82, 2.24) is 4.90 Å². The highest BCUT2D eigenvalue weighted by molar-refractivity contribution is 6.24. The summed E-state index contributed by atoms with van der Waals surface area (Å²) in [7, 11) is 0. The predicted octanol–water partition coefficient (Wildman–Crippen LogP) is 3.84. The summed E-state index contributed by atoms with van der Waals surface area (Å²) >= 11 is 0. The summed E-state index contributed by atoms with van der Waals surface area (Å²) in [6, 6.07) is 10.7. The normalized spacial score (nSPS) is 26.3. The Balaban J connectivity index is 1.49. The number of imide groups is 1. The molecule has 1 fully saturated rings. The molecule has 4 aliphatic rings. The number of carbonyl (C=O) groups is 5. The average molecular weight is 526 g/mol. The van der Waals surface area contributed by atoms with Crippen molar-refractivity contribution in [3.8, 4) is 5.75 Å². The summed E-state index contributed by atoms with van der Waals surface area (Å²) in [6.45, 7) is 1.67. The number of likely N-dealkylation sites (tertiary alicyclic amines) is 1. The molecular weight excluding hydrogens is 498 g/mol. The van der Waals surface area contributed by atoms with Gasteiger partial charge in [-0.3, -0.25) is 28.9 Å². The van der Waals surface area contributed by atoms with E-state index in [1.54, 1.807) is 25.1 Å². The van der Waals surface area contributed by atoms with E-state index in [1.165, 1.54) is 11.0 Å². The number of aromatic hydroxyl groups is 1. The van der Waals surface area contributed by atoms with Crippen LogP contribution < -0.4 is 0 Å². The second-order valence-corrected chi connectivity index (χ2v) is 10.8. The first-order valence-electron chi connectivity index (χ1n) is 13.2. The third kappa shape index (κ3) is 3.77. The summed E-state index contributed by atoms with van der Waals surface area (Å²) in [4.78, 5) is 66.0. The van der Waals surface area contributed by atoms with E-state index in [-0.39, 0.29) is 54.9 Å². The number of allylic oxidation sites excluding steroid dienone is 6. The molecule has 3 aliphatic carbocycles. The Labute approximate surface area is 224 Å². The van der Waals surface area contributed by atoms with Crippen LogP contribution in [0.4, 0.5) is 0 Å². The third-order valence-corrected chi connectivity index (χ3v) is 8.67. The fraction of sp³-hybridized carbons (Fsp3) is 0.323. The predicted molar refractivity (Wildman–Crippen MR) is 141 cm³/mol. The summed E-state index contributed by atoms with van der Waals surface area (Å²) in [5.74, 6) is -4.33. The monoisotopic (exact) mass is 525 g/mol. The first kappa shape index (κ1) is 25.0. The second kappa shape index (κ2) is 9.15. The van der Waals surface area contributed by atoms with Crippen LogP contribution in [0.3, 0.4) is 0 Å². The SMILES string of the molecule is CC1=CC(=O)C2=C(C1=O)C(c1ccc(O)c3ccccc13)C1=CCC3C(=O)N(CCCC(=O)O)C(=O)C3C1C2. The first-order valence-corrected chi connectivity index (χ1v) is 13.2. The number of rotatable bonds is 5. The van der Waals surface area contributed by atoms with Crippen molar-refractivity contribution in [3.63, 3.8) is 0 Å². The van der Waals surface area contributed by atoms with Crippen molar-refractivity contribution in [2.24, 2.45) is 17.8 Å². The molecule has 0 aromatic heterocycles. The van der Waals surface area contributed by atoms with E-state index < -0.39 is 29.6 Å². The molecular formula is C31H27NO7. The molecule has 8 nitrogen and oxygen atoms in total. The zero-order valence-corrected chi connectivity index (χ0v) is 21.3. The molecule has 2 N–H and O–H groups in total. The topological polar surface area (TPSA) is 129 Å². The standard InChI is InChI=1S/C31H27NO7/c1-15-13-24(34)22-14-21-19(8-9-20-27(21)31(39)32(30(20)38)12-4-7-25(35)36)26(28(22)29(15)37)18-10-11-23(33)17-6-3-2-5-16(17)18/h2-3,5-6,8,10-11,13,20-21,26-27,33H,4,7,9,12,14H2,1H3,(H,35,36). The summed E-state index contributed by atoms with van der Waals surface area (Å²) in [6.07, 6.45) is 3.84. The van der Waals surface area contributed by atoms with Crippen LogP contribution in [0, 0.1) is 17.8 Å². The van der Waals surface area contributed by atoms with E-state index in [0.717, 1.165) is 16.5 Å². The number of amides is 2. The number of phenols is 1. The van der Waals surface area contributed by atoms with Crippen LogP contribution in [0.2, 0.25) is 0 Å². The minimum Gasteiger partial charge on any atom is -0.507 e. The Morgan fingerprint density at radius 2 is 1.74 bits per heavy atom. The molecule has 0 saturated carbocycles. The molecule has 2 aromatic rings.